The van der Waals surface area contributed by atoms with Gasteiger partial charge in [0.05, 0.1) is 24.3 Å². The average Bonchev–Trinajstić information content (AvgIpc) is 2.94. The predicted molar refractivity (Wildman–Crippen MR) is 70.3 cm³/mol. The van der Waals surface area contributed by atoms with Gasteiger partial charge in [-0.25, -0.2) is 4.98 Å². The van der Waals surface area contributed by atoms with E-state index in [0.717, 1.165) is 0 Å². The molecule has 0 aliphatic rings. The second-order valence-corrected chi connectivity index (χ2v) is 4.49. The van der Waals surface area contributed by atoms with Gasteiger partial charge in [0.25, 0.3) is 5.89 Å². The zero-order valence-corrected chi connectivity index (χ0v) is 11.3. The third-order valence-electron chi connectivity index (χ3n) is 2.49. The highest BCUT2D eigenvalue weighted by atomic mass is 16.5. The standard InChI is InChI=1S/C13H15N5O2/c1-8(2)19-7-10(15)12-17-13(20-18-12)11-4-3-9(5-14)6-16-11/h3-4,6,8,10H,7,15H2,1-2H3. The smallest absolute Gasteiger partial charge is 0.276 e. The first-order chi connectivity index (χ1) is 9.60. The van der Waals surface area contributed by atoms with Crippen LogP contribution in [0.1, 0.15) is 31.3 Å². The van der Waals surface area contributed by atoms with E-state index in [-0.39, 0.29) is 12.0 Å². The van der Waals surface area contributed by atoms with Crippen LogP contribution in [0, 0.1) is 11.3 Å². The molecular formula is C13H15N5O2. The number of rotatable bonds is 5. The van der Waals surface area contributed by atoms with Crippen LogP contribution in [0.4, 0.5) is 0 Å². The molecule has 2 N–H and O–H groups in total. The Labute approximate surface area is 116 Å². The number of ether oxygens (including phenoxy) is 1. The Morgan fingerprint density at radius 3 is 2.85 bits per heavy atom. The Balaban J connectivity index is 2.09. The second kappa shape index (κ2) is 6.23. The molecule has 0 saturated heterocycles. The zero-order chi connectivity index (χ0) is 14.5. The minimum Gasteiger partial charge on any atom is -0.377 e. The van der Waals surface area contributed by atoms with Crippen LogP contribution in [-0.2, 0) is 4.74 Å². The monoisotopic (exact) mass is 273 g/mol. The van der Waals surface area contributed by atoms with E-state index in [9.17, 15) is 0 Å². The fourth-order valence-electron chi connectivity index (χ4n) is 1.45. The van der Waals surface area contributed by atoms with Crippen molar-refractivity contribution in [2.75, 3.05) is 6.61 Å². The van der Waals surface area contributed by atoms with Crippen LogP contribution in [0.3, 0.4) is 0 Å². The first-order valence-corrected chi connectivity index (χ1v) is 6.17. The Bertz CT molecular complexity index is 600. The highest BCUT2D eigenvalue weighted by Gasteiger charge is 2.16. The lowest BCUT2D eigenvalue weighted by molar-refractivity contribution is 0.0665. The van der Waals surface area contributed by atoms with Crippen LogP contribution in [-0.4, -0.2) is 27.8 Å². The molecule has 0 saturated carbocycles. The van der Waals surface area contributed by atoms with Gasteiger partial charge in [0.2, 0.25) is 0 Å². The molecule has 0 aliphatic heterocycles. The summed E-state index contributed by atoms with van der Waals surface area (Å²) in [4.78, 5) is 8.26. The maximum atomic E-state index is 8.71. The molecule has 2 aromatic rings. The zero-order valence-electron chi connectivity index (χ0n) is 11.3. The van der Waals surface area contributed by atoms with Crippen molar-refractivity contribution >= 4 is 0 Å². The largest absolute Gasteiger partial charge is 0.377 e. The molecule has 2 rings (SSSR count). The quantitative estimate of drug-likeness (QED) is 0.876. The average molecular weight is 273 g/mol. The Morgan fingerprint density at radius 2 is 2.25 bits per heavy atom. The van der Waals surface area contributed by atoms with Gasteiger partial charge in [0, 0.05) is 6.20 Å². The van der Waals surface area contributed by atoms with Crippen molar-refractivity contribution in [3.8, 4) is 17.7 Å². The third kappa shape index (κ3) is 3.38. The lowest BCUT2D eigenvalue weighted by Gasteiger charge is -2.10. The van der Waals surface area contributed by atoms with Crippen molar-refractivity contribution in [3.63, 3.8) is 0 Å². The molecule has 2 aromatic heterocycles. The van der Waals surface area contributed by atoms with Gasteiger partial charge in [-0.15, -0.1) is 0 Å². The highest BCUT2D eigenvalue weighted by Crippen LogP contribution is 2.17. The molecule has 1 unspecified atom stereocenters. The van der Waals surface area contributed by atoms with E-state index in [1.807, 2.05) is 19.9 Å². The highest BCUT2D eigenvalue weighted by molar-refractivity contribution is 5.47. The molecule has 0 aliphatic carbocycles. The summed E-state index contributed by atoms with van der Waals surface area (Å²) in [5.74, 6) is 0.635. The van der Waals surface area contributed by atoms with Crippen molar-refractivity contribution in [2.45, 2.75) is 26.0 Å². The van der Waals surface area contributed by atoms with Gasteiger partial charge in [-0.3, -0.25) is 0 Å². The van der Waals surface area contributed by atoms with Crippen LogP contribution in [0.25, 0.3) is 11.6 Å². The molecule has 20 heavy (non-hydrogen) atoms. The normalized spacial score (nSPS) is 12.3. The molecule has 1 atom stereocenters. The van der Waals surface area contributed by atoms with Gasteiger partial charge in [0.15, 0.2) is 5.82 Å². The van der Waals surface area contributed by atoms with Crippen LogP contribution < -0.4 is 5.73 Å². The van der Waals surface area contributed by atoms with Gasteiger partial charge >= 0.3 is 0 Å². The molecule has 104 valence electrons. The van der Waals surface area contributed by atoms with Crippen molar-refractivity contribution in [1.82, 2.24) is 15.1 Å². The number of pyridine rings is 1. The van der Waals surface area contributed by atoms with Crippen molar-refractivity contribution in [1.29, 1.82) is 5.26 Å². The maximum absolute atomic E-state index is 8.71. The van der Waals surface area contributed by atoms with Crippen LogP contribution in [0.2, 0.25) is 0 Å². The fraction of sp³-hybridized carbons (Fsp3) is 0.385. The van der Waals surface area contributed by atoms with Crippen LogP contribution in [0.15, 0.2) is 22.9 Å². The summed E-state index contributed by atoms with van der Waals surface area (Å²) in [5, 5.41) is 12.5. The molecule has 2 heterocycles. The number of nitrogens with two attached hydrogens (primary N) is 1. The Kier molecular flexibility index (Phi) is 4.40. The topological polar surface area (TPSA) is 111 Å². The molecule has 0 amide bonds. The first-order valence-electron chi connectivity index (χ1n) is 6.17. The summed E-state index contributed by atoms with van der Waals surface area (Å²) in [5.41, 5.74) is 6.87. The van der Waals surface area contributed by atoms with Gasteiger partial charge in [-0.1, -0.05) is 5.16 Å². The number of nitrogens with zero attached hydrogens (tertiary/aromatic N) is 4. The molecule has 7 heteroatoms. The van der Waals surface area contributed by atoms with E-state index in [2.05, 4.69) is 15.1 Å². The summed E-state index contributed by atoms with van der Waals surface area (Å²) in [6.07, 6.45) is 1.54. The Hall–Kier alpha value is -2.30. The van der Waals surface area contributed by atoms with E-state index >= 15 is 0 Å². The van der Waals surface area contributed by atoms with E-state index in [4.69, 9.17) is 20.3 Å². The van der Waals surface area contributed by atoms with E-state index in [1.54, 1.807) is 12.1 Å². The number of hydrogen-bond acceptors (Lipinski definition) is 7. The summed E-state index contributed by atoms with van der Waals surface area (Å²) in [6.45, 7) is 4.17. The third-order valence-corrected chi connectivity index (χ3v) is 2.49. The molecule has 7 nitrogen and oxygen atoms in total. The minimum absolute atomic E-state index is 0.0904. The van der Waals surface area contributed by atoms with E-state index in [0.29, 0.717) is 23.7 Å². The van der Waals surface area contributed by atoms with Crippen molar-refractivity contribution in [2.24, 2.45) is 5.73 Å². The fourth-order valence-corrected chi connectivity index (χ4v) is 1.45. The molecule has 0 fully saturated rings. The number of hydrogen-bond donors (Lipinski definition) is 1. The van der Waals surface area contributed by atoms with Gasteiger partial charge in [-0.2, -0.15) is 10.2 Å². The summed E-state index contributed by atoms with van der Waals surface area (Å²) >= 11 is 0. The Morgan fingerprint density at radius 1 is 1.45 bits per heavy atom. The second-order valence-electron chi connectivity index (χ2n) is 4.49. The summed E-state index contributed by atoms with van der Waals surface area (Å²) in [7, 11) is 0. The van der Waals surface area contributed by atoms with Gasteiger partial charge in [-0.05, 0) is 26.0 Å². The maximum Gasteiger partial charge on any atom is 0.276 e. The van der Waals surface area contributed by atoms with Crippen LogP contribution in [0.5, 0.6) is 0 Å². The summed E-state index contributed by atoms with van der Waals surface area (Å²) in [6, 6.07) is 4.82. The predicted octanol–water partition coefficient (Wildman–Crippen LogP) is 1.43. The lowest BCUT2D eigenvalue weighted by atomic mass is 10.2. The SMILES string of the molecule is CC(C)OCC(N)c1noc(-c2ccc(C#N)cn2)n1. The summed E-state index contributed by atoms with van der Waals surface area (Å²) < 4.78 is 10.5. The first kappa shape index (κ1) is 14.1. The van der Waals surface area contributed by atoms with E-state index in [1.165, 1.54) is 6.20 Å². The molecule has 0 radical (unpaired) electrons. The number of nitriles is 1. The van der Waals surface area contributed by atoms with Crippen molar-refractivity contribution < 1.29 is 9.26 Å². The van der Waals surface area contributed by atoms with Crippen LogP contribution >= 0.6 is 0 Å². The lowest BCUT2D eigenvalue weighted by Crippen LogP contribution is -2.20. The number of aromatic nitrogens is 3. The molecule has 0 bridgehead atoms. The molecule has 0 aromatic carbocycles. The van der Waals surface area contributed by atoms with Gasteiger partial charge < -0.3 is 15.0 Å². The van der Waals surface area contributed by atoms with Gasteiger partial charge in [0.1, 0.15) is 11.8 Å². The van der Waals surface area contributed by atoms with Crippen molar-refractivity contribution in [3.05, 3.63) is 29.7 Å². The minimum atomic E-state index is -0.451. The molecule has 0 spiro atoms. The van der Waals surface area contributed by atoms with E-state index < -0.39 is 6.04 Å². The molecular weight excluding hydrogens is 258 g/mol.